The van der Waals surface area contributed by atoms with Crippen molar-refractivity contribution >= 4 is 0 Å². The Kier molecular flexibility index (Phi) is 9.60. The van der Waals surface area contributed by atoms with Crippen LogP contribution in [0.2, 0.25) is 0 Å². The number of hydrogen-bond donors (Lipinski definition) is 0. The lowest BCUT2D eigenvalue weighted by Crippen LogP contribution is -1.97. The Labute approximate surface area is 95.2 Å². The molecule has 0 aliphatic rings. The first-order valence-corrected chi connectivity index (χ1v) is 5.99. The molecule has 1 nitrogen and oxygen atoms in total. The van der Waals surface area contributed by atoms with E-state index in [9.17, 15) is 0 Å². The Hall–Kier alpha value is -0.560. The smallest absolute Gasteiger partial charge is 0.0466 e. The molecule has 0 spiro atoms. The molecule has 0 N–H and O–H groups in total. The number of allylic oxidation sites excluding steroid dienone is 2. The Morgan fingerprint density at radius 2 is 1.20 bits per heavy atom. The van der Waals surface area contributed by atoms with Gasteiger partial charge in [-0.2, -0.15) is 0 Å². The molecule has 0 atom stereocenters. The quantitative estimate of drug-likeness (QED) is 0.381. The van der Waals surface area contributed by atoms with Crippen LogP contribution in [0.3, 0.4) is 0 Å². The lowest BCUT2D eigenvalue weighted by molar-refractivity contribution is 0.127. The molecule has 0 aliphatic carbocycles. The van der Waals surface area contributed by atoms with Crippen molar-refractivity contribution in [1.29, 1.82) is 0 Å². The largest absolute Gasteiger partial charge is 0.381 e. The minimum Gasteiger partial charge on any atom is -0.381 e. The summed E-state index contributed by atoms with van der Waals surface area (Å²) in [7, 11) is 0. The lowest BCUT2D eigenvalue weighted by atomic mass is 10.1. The predicted octanol–water partition coefficient (Wildman–Crippen LogP) is 4.50. The van der Waals surface area contributed by atoms with E-state index in [0.29, 0.717) is 0 Å². The van der Waals surface area contributed by atoms with E-state index in [0.717, 1.165) is 38.9 Å². The van der Waals surface area contributed by atoms with Gasteiger partial charge in [0.15, 0.2) is 0 Å². The number of unbranched alkanes of at least 4 members (excludes halogenated alkanes) is 2. The molecular formula is C14H26O. The van der Waals surface area contributed by atoms with Crippen LogP contribution in [-0.2, 0) is 4.74 Å². The third kappa shape index (κ3) is 13.4. The molecule has 0 amide bonds. The molecule has 88 valence electrons. The van der Waals surface area contributed by atoms with Crippen LogP contribution >= 0.6 is 0 Å². The Bertz CT molecular complexity index is 162. The predicted molar refractivity (Wildman–Crippen MR) is 68.1 cm³/mol. The maximum atomic E-state index is 5.54. The topological polar surface area (TPSA) is 9.23 Å². The highest BCUT2D eigenvalue weighted by atomic mass is 16.5. The Morgan fingerprint density at radius 3 is 1.53 bits per heavy atom. The second kappa shape index (κ2) is 9.97. The fourth-order valence-electron chi connectivity index (χ4n) is 1.36. The van der Waals surface area contributed by atoms with Crippen molar-refractivity contribution in [2.75, 3.05) is 13.2 Å². The molecule has 0 aromatic heterocycles. The average Bonchev–Trinajstić information content (AvgIpc) is 2.14. The second-order valence-electron chi connectivity index (χ2n) is 4.44. The minimum atomic E-state index is 0.903. The zero-order valence-corrected chi connectivity index (χ0v) is 10.5. The van der Waals surface area contributed by atoms with Crippen LogP contribution in [0.5, 0.6) is 0 Å². The molecule has 15 heavy (non-hydrogen) atoms. The van der Waals surface area contributed by atoms with E-state index < -0.39 is 0 Å². The van der Waals surface area contributed by atoms with Crippen LogP contribution in [0, 0.1) is 0 Å². The van der Waals surface area contributed by atoms with Gasteiger partial charge in [-0.1, -0.05) is 11.1 Å². The maximum absolute atomic E-state index is 5.54. The summed E-state index contributed by atoms with van der Waals surface area (Å²) < 4.78 is 5.54. The zero-order valence-electron chi connectivity index (χ0n) is 10.5. The van der Waals surface area contributed by atoms with Crippen molar-refractivity contribution in [3.63, 3.8) is 0 Å². The van der Waals surface area contributed by atoms with Gasteiger partial charge in [-0.3, -0.25) is 0 Å². The molecule has 0 saturated carbocycles. The standard InChI is InChI=1S/C14H26O/c1-13(2)9-5-7-11-15-12-8-6-10-14(3)4/h1,3,5-12H2,2,4H3. The van der Waals surface area contributed by atoms with Crippen molar-refractivity contribution < 1.29 is 4.74 Å². The van der Waals surface area contributed by atoms with Crippen LogP contribution in [0.25, 0.3) is 0 Å². The molecule has 0 radical (unpaired) electrons. The molecule has 0 bridgehead atoms. The molecule has 0 aliphatic heterocycles. The third-order valence-corrected chi connectivity index (χ3v) is 2.28. The van der Waals surface area contributed by atoms with E-state index in [4.69, 9.17) is 4.74 Å². The van der Waals surface area contributed by atoms with E-state index >= 15 is 0 Å². The van der Waals surface area contributed by atoms with Gasteiger partial charge >= 0.3 is 0 Å². The van der Waals surface area contributed by atoms with Crippen molar-refractivity contribution in [3.8, 4) is 0 Å². The summed E-state index contributed by atoms with van der Waals surface area (Å²) in [6.07, 6.45) is 7.01. The molecule has 0 saturated heterocycles. The van der Waals surface area contributed by atoms with Gasteiger partial charge < -0.3 is 4.74 Å². The fraction of sp³-hybridized carbons (Fsp3) is 0.714. The summed E-state index contributed by atoms with van der Waals surface area (Å²) in [4.78, 5) is 0. The normalized spacial score (nSPS) is 10.3. The van der Waals surface area contributed by atoms with Crippen LogP contribution < -0.4 is 0 Å². The van der Waals surface area contributed by atoms with Crippen LogP contribution in [-0.4, -0.2) is 13.2 Å². The van der Waals surface area contributed by atoms with E-state index in [2.05, 4.69) is 27.0 Å². The molecule has 0 aromatic rings. The van der Waals surface area contributed by atoms with Gasteiger partial charge in [-0.25, -0.2) is 0 Å². The van der Waals surface area contributed by atoms with Crippen molar-refractivity contribution in [3.05, 3.63) is 24.3 Å². The van der Waals surface area contributed by atoms with Gasteiger partial charge in [0, 0.05) is 13.2 Å². The first-order valence-electron chi connectivity index (χ1n) is 5.99. The van der Waals surface area contributed by atoms with Crippen molar-refractivity contribution in [1.82, 2.24) is 0 Å². The fourth-order valence-corrected chi connectivity index (χ4v) is 1.36. The van der Waals surface area contributed by atoms with Crippen molar-refractivity contribution in [2.45, 2.75) is 52.4 Å². The summed E-state index contributed by atoms with van der Waals surface area (Å²) in [6.45, 7) is 13.7. The van der Waals surface area contributed by atoms with Crippen LogP contribution in [0.15, 0.2) is 24.3 Å². The van der Waals surface area contributed by atoms with Crippen LogP contribution in [0.4, 0.5) is 0 Å². The molecule has 0 heterocycles. The highest BCUT2D eigenvalue weighted by Gasteiger charge is 1.92. The van der Waals surface area contributed by atoms with E-state index in [1.807, 2.05) is 0 Å². The average molecular weight is 210 g/mol. The van der Waals surface area contributed by atoms with Gasteiger partial charge in [0.05, 0.1) is 0 Å². The maximum Gasteiger partial charge on any atom is 0.0466 e. The van der Waals surface area contributed by atoms with E-state index in [-0.39, 0.29) is 0 Å². The van der Waals surface area contributed by atoms with Gasteiger partial charge in [-0.05, 0) is 52.4 Å². The lowest BCUT2D eigenvalue weighted by Gasteiger charge is -2.04. The highest BCUT2D eigenvalue weighted by Crippen LogP contribution is 2.05. The number of ether oxygens (including phenoxy) is 1. The highest BCUT2D eigenvalue weighted by molar-refractivity contribution is 4.87. The zero-order chi connectivity index (χ0) is 11.5. The van der Waals surface area contributed by atoms with Gasteiger partial charge in [0.2, 0.25) is 0 Å². The summed E-state index contributed by atoms with van der Waals surface area (Å²) in [5, 5.41) is 0. The van der Waals surface area contributed by atoms with E-state index in [1.54, 1.807) is 0 Å². The van der Waals surface area contributed by atoms with Gasteiger partial charge in [0.25, 0.3) is 0 Å². The SMILES string of the molecule is C=C(C)CCCCOCCCCC(=C)C. The minimum absolute atomic E-state index is 0.903. The Balaban J connectivity index is 2.99. The molecular weight excluding hydrogens is 184 g/mol. The van der Waals surface area contributed by atoms with Crippen molar-refractivity contribution in [2.24, 2.45) is 0 Å². The van der Waals surface area contributed by atoms with Gasteiger partial charge in [0.1, 0.15) is 0 Å². The van der Waals surface area contributed by atoms with Crippen LogP contribution in [0.1, 0.15) is 52.4 Å². The molecule has 0 rings (SSSR count). The summed E-state index contributed by atoms with van der Waals surface area (Å²) in [5.74, 6) is 0. The third-order valence-electron chi connectivity index (χ3n) is 2.28. The molecule has 0 fully saturated rings. The number of rotatable bonds is 10. The first-order chi connectivity index (χ1) is 7.13. The molecule has 0 aromatic carbocycles. The summed E-state index contributed by atoms with van der Waals surface area (Å²) >= 11 is 0. The monoisotopic (exact) mass is 210 g/mol. The summed E-state index contributed by atoms with van der Waals surface area (Å²) in [6, 6.07) is 0. The first kappa shape index (κ1) is 14.4. The summed E-state index contributed by atoms with van der Waals surface area (Å²) in [5.41, 5.74) is 2.55. The van der Waals surface area contributed by atoms with Gasteiger partial charge in [-0.15, -0.1) is 13.2 Å². The Morgan fingerprint density at radius 1 is 0.800 bits per heavy atom. The second-order valence-corrected chi connectivity index (χ2v) is 4.44. The molecule has 1 heteroatoms. The molecule has 0 unspecified atom stereocenters. The number of hydrogen-bond acceptors (Lipinski definition) is 1. The van der Waals surface area contributed by atoms with E-state index in [1.165, 1.54) is 24.0 Å².